The lowest BCUT2D eigenvalue weighted by Crippen LogP contribution is -2.50. The summed E-state index contributed by atoms with van der Waals surface area (Å²) in [7, 11) is -7.80. The highest BCUT2D eigenvalue weighted by Gasteiger charge is 2.52. The van der Waals surface area contributed by atoms with E-state index in [0.29, 0.717) is 23.8 Å². The van der Waals surface area contributed by atoms with E-state index >= 15 is 0 Å². The third kappa shape index (κ3) is 6.03. The minimum atomic E-state index is -6.09. The third-order valence-electron chi connectivity index (χ3n) is 5.29. The van der Waals surface area contributed by atoms with Gasteiger partial charge in [0.2, 0.25) is 0 Å². The number of halogens is 6. The van der Waals surface area contributed by atoms with E-state index in [2.05, 4.69) is 72.1 Å². The second-order valence-electron chi connectivity index (χ2n) is 7.50. The molecule has 0 bridgehead atoms. The largest absolute Gasteiger partial charge is 0.741 e. The molecule has 0 saturated heterocycles. The van der Waals surface area contributed by atoms with Crippen LogP contribution in [0, 0.1) is 17.8 Å². The molecule has 0 aromatic carbocycles. The molecular formula is C18H18F6N2O6S2. The molecular weight excluding hydrogens is 518 g/mol. The van der Waals surface area contributed by atoms with Crippen molar-refractivity contribution in [2.45, 2.75) is 17.1 Å². The molecule has 0 aromatic heterocycles. The van der Waals surface area contributed by atoms with Gasteiger partial charge in [0.25, 0.3) is 0 Å². The van der Waals surface area contributed by atoms with Crippen LogP contribution in [0.1, 0.15) is 0 Å². The van der Waals surface area contributed by atoms with Crippen LogP contribution in [0.2, 0.25) is 0 Å². The first-order valence-corrected chi connectivity index (χ1v) is 12.0. The van der Waals surface area contributed by atoms with Gasteiger partial charge in [-0.25, -0.2) is 26.0 Å². The van der Waals surface area contributed by atoms with Crippen molar-refractivity contribution in [1.82, 2.24) is 0 Å². The van der Waals surface area contributed by atoms with Gasteiger partial charge in [-0.15, -0.1) is 0 Å². The molecule has 0 fully saturated rings. The SMILES string of the molecule is C[N+]1=CC2=CC=CC3C2C2C1=CC=CC2C=[N+]3C.O=S(=O)([O-])C(F)(F)F.O=S(=O)([O-])C(F)(F)F. The van der Waals surface area contributed by atoms with Crippen molar-refractivity contribution in [2.24, 2.45) is 17.8 Å². The number of likely N-dealkylation sites (N-methyl/N-ethyl adjacent to an activating group) is 1. The second-order valence-corrected chi connectivity index (χ2v) is 10.2. The number of hydrogen-bond acceptors (Lipinski definition) is 6. The van der Waals surface area contributed by atoms with E-state index in [4.69, 9.17) is 25.9 Å². The molecule has 0 radical (unpaired) electrons. The fourth-order valence-corrected chi connectivity index (χ4v) is 3.94. The van der Waals surface area contributed by atoms with Gasteiger partial charge in [-0.1, -0.05) is 24.3 Å². The molecule has 0 aromatic rings. The Labute approximate surface area is 191 Å². The summed E-state index contributed by atoms with van der Waals surface area (Å²) < 4.78 is 123. The average molecular weight is 536 g/mol. The van der Waals surface area contributed by atoms with Gasteiger partial charge in [-0.2, -0.15) is 26.3 Å². The van der Waals surface area contributed by atoms with Crippen LogP contribution in [-0.4, -0.2) is 78.7 Å². The van der Waals surface area contributed by atoms with Crippen molar-refractivity contribution in [2.75, 3.05) is 14.1 Å². The summed E-state index contributed by atoms with van der Waals surface area (Å²) in [6, 6.07) is 0.520. The Kier molecular flexibility index (Phi) is 7.72. The minimum absolute atomic E-state index is 0.520. The van der Waals surface area contributed by atoms with Gasteiger partial charge < -0.3 is 9.11 Å². The quantitative estimate of drug-likeness (QED) is 0.201. The van der Waals surface area contributed by atoms with Crippen molar-refractivity contribution in [3.63, 3.8) is 0 Å². The van der Waals surface area contributed by atoms with Crippen molar-refractivity contribution >= 4 is 32.7 Å². The monoisotopic (exact) mass is 536 g/mol. The fourth-order valence-electron chi connectivity index (χ4n) is 3.94. The van der Waals surface area contributed by atoms with Crippen molar-refractivity contribution in [1.29, 1.82) is 0 Å². The van der Waals surface area contributed by atoms with E-state index in [0.717, 1.165) is 0 Å². The Hall–Kier alpha value is -2.30. The second kappa shape index (κ2) is 9.39. The number of rotatable bonds is 0. The van der Waals surface area contributed by atoms with E-state index in [1.54, 1.807) is 0 Å². The highest BCUT2D eigenvalue weighted by molar-refractivity contribution is 7.86. The third-order valence-corrected chi connectivity index (χ3v) is 6.42. The van der Waals surface area contributed by atoms with Gasteiger partial charge in [0.1, 0.15) is 20.3 Å². The fraction of sp³-hybridized carbons (Fsp3) is 0.444. The van der Waals surface area contributed by atoms with Crippen LogP contribution in [-0.2, 0) is 20.2 Å². The molecule has 8 nitrogen and oxygen atoms in total. The maximum Gasteiger partial charge on any atom is 0.485 e. The maximum atomic E-state index is 10.7. The Bertz CT molecular complexity index is 1180. The van der Waals surface area contributed by atoms with E-state index in [-0.39, 0.29) is 0 Å². The van der Waals surface area contributed by atoms with Gasteiger partial charge in [-0.3, -0.25) is 0 Å². The number of alkyl halides is 6. The lowest BCUT2D eigenvalue weighted by molar-refractivity contribution is -0.544. The molecule has 4 rings (SSSR count). The zero-order valence-electron chi connectivity index (χ0n) is 17.4. The first kappa shape index (κ1) is 27.9. The smallest absolute Gasteiger partial charge is 0.485 e. The van der Waals surface area contributed by atoms with Gasteiger partial charge in [-0.05, 0) is 6.08 Å². The van der Waals surface area contributed by atoms with E-state index in [1.165, 1.54) is 11.3 Å². The molecule has 2 aliphatic carbocycles. The number of hydrogen-bond donors (Lipinski definition) is 0. The molecule has 0 saturated carbocycles. The van der Waals surface area contributed by atoms with Crippen LogP contribution >= 0.6 is 0 Å². The number of nitrogens with zero attached hydrogens (tertiary/aromatic N) is 2. The molecule has 2 heterocycles. The molecule has 0 amide bonds. The van der Waals surface area contributed by atoms with Crippen LogP contribution in [0.5, 0.6) is 0 Å². The van der Waals surface area contributed by atoms with Gasteiger partial charge >= 0.3 is 11.0 Å². The van der Waals surface area contributed by atoms with Gasteiger partial charge in [0, 0.05) is 11.6 Å². The van der Waals surface area contributed by atoms with Crippen molar-refractivity contribution in [3.8, 4) is 0 Å². The van der Waals surface area contributed by atoms with Crippen LogP contribution < -0.4 is 0 Å². The summed E-state index contributed by atoms with van der Waals surface area (Å²) in [5.41, 5.74) is -8.35. The Morgan fingerprint density at radius 2 is 1.29 bits per heavy atom. The van der Waals surface area contributed by atoms with E-state index in [1.807, 2.05) is 0 Å². The molecule has 16 heteroatoms. The zero-order valence-corrected chi connectivity index (χ0v) is 19.0. The van der Waals surface area contributed by atoms with Gasteiger partial charge in [0.15, 0.2) is 38.2 Å². The predicted molar refractivity (Wildman–Crippen MR) is 105 cm³/mol. The standard InChI is InChI=1S/C16H18N2.2CHF3O3S/c1-17-9-11-5-4-8-14-16(11)15-12(10-18(14)2)6-3-7-13(15)17;2*2-1(3,4)8(5,6)7/h3-11,13,15-16H,1-2H3;2*(H,5,6,7)/q+2;;/p-2. The van der Waals surface area contributed by atoms with Crippen LogP contribution in [0.25, 0.3) is 0 Å². The minimum Gasteiger partial charge on any atom is -0.741 e. The molecule has 4 atom stereocenters. The van der Waals surface area contributed by atoms with Crippen LogP contribution in [0.15, 0.2) is 47.7 Å². The molecule has 4 aliphatic rings. The first-order chi connectivity index (χ1) is 15.3. The lowest BCUT2D eigenvalue weighted by Gasteiger charge is -2.39. The average Bonchev–Trinajstić information content (AvgIpc) is 2.65. The van der Waals surface area contributed by atoms with Crippen LogP contribution in [0.3, 0.4) is 0 Å². The Balaban J connectivity index is 0.000000216. The summed E-state index contributed by atoms with van der Waals surface area (Å²) in [5, 5.41) is 0. The topological polar surface area (TPSA) is 120 Å². The molecule has 2 aliphatic heterocycles. The highest BCUT2D eigenvalue weighted by Crippen LogP contribution is 2.44. The van der Waals surface area contributed by atoms with Crippen LogP contribution in [0.4, 0.5) is 26.3 Å². The predicted octanol–water partition coefficient (Wildman–Crippen LogP) is 1.71. The van der Waals surface area contributed by atoms with Crippen molar-refractivity contribution in [3.05, 3.63) is 47.7 Å². The Morgan fingerprint density at radius 1 is 0.824 bits per heavy atom. The molecule has 190 valence electrons. The van der Waals surface area contributed by atoms with E-state index in [9.17, 15) is 26.3 Å². The molecule has 34 heavy (non-hydrogen) atoms. The molecule has 4 unspecified atom stereocenters. The lowest BCUT2D eigenvalue weighted by atomic mass is 9.66. The summed E-state index contributed by atoms with van der Waals surface area (Å²) >= 11 is 0. The Morgan fingerprint density at radius 3 is 1.76 bits per heavy atom. The van der Waals surface area contributed by atoms with Gasteiger partial charge in [0.05, 0.1) is 17.8 Å². The van der Waals surface area contributed by atoms with E-state index < -0.39 is 31.3 Å². The zero-order chi connectivity index (χ0) is 26.3. The molecule has 0 N–H and O–H groups in total. The first-order valence-electron chi connectivity index (χ1n) is 9.21. The molecule has 0 spiro atoms. The summed E-state index contributed by atoms with van der Waals surface area (Å²) in [6.45, 7) is 0. The number of allylic oxidation sites excluding steroid dienone is 6. The maximum absolute atomic E-state index is 10.7. The summed E-state index contributed by atoms with van der Waals surface area (Å²) in [5.74, 6) is 1.77. The summed E-state index contributed by atoms with van der Waals surface area (Å²) in [6.07, 6.45) is 18.4. The highest BCUT2D eigenvalue weighted by atomic mass is 32.2. The van der Waals surface area contributed by atoms with Crippen molar-refractivity contribution < 1.29 is 61.4 Å². The normalized spacial score (nSPS) is 27.5. The summed E-state index contributed by atoms with van der Waals surface area (Å²) in [4.78, 5) is 0.